The summed E-state index contributed by atoms with van der Waals surface area (Å²) in [4.78, 5) is 14.0. The molecular weight excluding hydrogens is 362 g/mol. The zero-order valence-electron chi connectivity index (χ0n) is 14.8. The highest BCUT2D eigenvalue weighted by molar-refractivity contribution is 7.89. The van der Waals surface area contributed by atoms with Gasteiger partial charge in [-0.1, -0.05) is 0 Å². The topological polar surface area (TPSA) is 57.7 Å². The van der Waals surface area contributed by atoms with Gasteiger partial charge in [0.15, 0.2) is 0 Å². The van der Waals surface area contributed by atoms with E-state index in [0.29, 0.717) is 18.9 Å². The van der Waals surface area contributed by atoms with Crippen LogP contribution in [0.25, 0.3) is 0 Å². The number of carbonyl (C=O) groups excluding carboxylic acids is 1. The first-order valence-corrected chi connectivity index (χ1v) is 10.5. The number of hydrogen-bond donors (Lipinski definition) is 0. The van der Waals surface area contributed by atoms with Gasteiger partial charge in [-0.05, 0) is 57.2 Å². The fourth-order valence-corrected chi connectivity index (χ4v) is 5.36. The van der Waals surface area contributed by atoms with Crippen LogP contribution in [-0.2, 0) is 14.8 Å². The van der Waals surface area contributed by atoms with Gasteiger partial charge in [0.1, 0.15) is 16.5 Å². The molecule has 0 N–H and O–H groups in total. The van der Waals surface area contributed by atoms with Crippen LogP contribution in [0.2, 0.25) is 0 Å². The van der Waals surface area contributed by atoms with Gasteiger partial charge in [-0.3, -0.25) is 4.79 Å². The maximum absolute atomic E-state index is 13.9. The lowest BCUT2D eigenvalue weighted by molar-refractivity contribution is -0.140. The van der Waals surface area contributed by atoms with Crippen LogP contribution in [0.5, 0.6) is 0 Å². The number of carbonyl (C=O) groups is 1. The molecule has 0 aromatic heterocycles. The van der Waals surface area contributed by atoms with Gasteiger partial charge in [-0.15, -0.1) is 0 Å². The Bertz CT molecular complexity index is 777. The molecule has 5 nitrogen and oxygen atoms in total. The SMILES string of the molecule is CC1CCCCN1C(=O)C1CCN(S(=O)(=O)c2cc(F)ccc2F)CC1. The molecule has 3 rings (SSSR count). The van der Waals surface area contributed by atoms with Gasteiger partial charge in [0, 0.05) is 31.6 Å². The summed E-state index contributed by atoms with van der Waals surface area (Å²) in [6.07, 6.45) is 3.93. The average molecular weight is 386 g/mol. The lowest BCUT2D eigenvalue weighted by Gasteiger charge is -2.38. The molecule has 8 heteroatoms. The summed E-state index contributed by atoms with van der Waals surface area (Å²) in [6.45, 7) is 3.07. The van der Waals surface area contributed by atoms with Crippen LogP contribution in [0.3, 0.4) is 0 Å². The first-order valence-electron chi connectivity index (χ1n) is 9.06. The normalized spacial score (nSPS) is 23.2. The molecule has 144 valence electrons. The van der Waals surface area contributed by atoms with Crippen molar-refractivity contribution in [2.24, 2.45) is 5.92 Å². The molecule has 2 saturated heterocycles. The van der Waals surface area contributed by atoms with E-state index in [4.69, 9.17) is 0 Å². The minimum Gasteiger partial charge on any atom is -0.340 e. The molecule has 0 aliphatic carbocycles. The number of rotatable bonds is 3. The van der Waals surface area contributed by atoms with Crippen LogP contribution in [0.4, 0.5) is 8.78 Å². The van der Waals surface area contributed by atoms with E-state index in [1.807, 2.05) is 11.8 Å². The van der Waals surface area contributed by atoms with Crippen LogP contribution < -0.4 is 0 Å². The maximum atomic E-state index is 13.9. The molecule has 1 atom stereocenters. The highest BCUT2D eigenvalue weighted by atomic mass is 32.2. The third-order valence-electron chi connectivity index (χ3n) is 5.40. The van der Waals surface area contributed by atoms with Crippen molar-refractivity contribution in [2.45, 2.75) is 50.0 Å². The number of nitrogens with zero attached hydrogens (tertiary/aromatic N) is 2. The van der Waals surface area contributed by atoms with Gasteiger partial charge < -0.3 is 4.90 Å². The molecule has 2 aliphatic heterocycles. The number of halogens is 2. The molecule has 1 aromatic rings. The van der Waals surface area contributed by atoms with Crippen molar-refractivity contribution < 1.29 is 22.0 Å². The quantitative estimate of drug-likeness (QED) is 0.803. The third-order valence-corrected chi connectivity index (χ3v) is 7.31. The molecule has 0 bridgehead atoms. The van der Waals surface area contributed by atoms with Gasteiger partial charge in [-0.25, -0.2) is 17.2 Å². The smallest absolute Gasteiger partial charge is 0.246 e. The number of piperidine rings is 2. The van der Waals surface area contributed by atoms with E-state index < -0.39 is 26.6 Å². The molecule has 0 spiro atoms. The molecule has 1 aromatic carbocycles. The Balaban J connectivity index is 1.68. The lowest BCUT2D eigenvalue weighted by Crippen LogP contribution is -2.48. The van der Waals surface area contributed by atoms with Crippen LogP contribution in [0.1, 0.15) is 39.0 Å². The van der Waals surface area contributed by atoms with Crippen molar-refractivity contribution in [3.05, 3.63) is 29.8 Å². The van der Waals surface area contributed by atoms with Gasteiger partial charge in [0.25, 0.3) is 0 Å². The van der Waals surface area contributed by atoms with Crippen molar-refractivity contribution in [2.75, 3.05) is 19.6 Å². The standard InChI is InChI=1S/C18H24F2N2O3S/c1-13-4-2-3-9-22(13)18(23)14-7-10-21(11-8-14)26(24,25)17-12-15(19)5-6-16(17)20/h5-6,12-14H,2-4,7-11H2,1H3. The van der Waals surface area contributed by atoms with E-state index in [9.17, 15) is 22.0 Å². The largest absolute Gasteiger partial charge is 0.340 e. The van der Waals surface area contributed by atoms with Crippen LogP contribution >= 0.6 is 0 Å². The van der Waals surface area contributed by atoms with Crippen LogP contribution in [0, 0.1) is 17.6 Å². The minimum absolute atomic E-state index is 0.0891. The summed E-state index contributed by atoms with van der Waals surface area (Å²) in [5.74, 6) is -1.88. The molecule has 26 heavy (non-hydrogen) atoms. The third kappa shape index (κ3) is 3.76. The van der Waals surface area contributed by atoms with E-state index in [0.717, 1.165) is 42.2 Å². The molecule has 1 amide bonds. The van der Waals surface area contributed by atoms with E-state index in [-0.39, 0.29) is 31.0 Å². The van der Waals surface area contributed by atoms with Crippen molar-refractivity contribution in [1.82, 2.24) is 9.21 Å². The first-order chi connectivity index (χ1) is 12.3. The van der Waals surface area contributed by atoms with Crippen molar-refractivity contribution in [3.63, 3.8) is 0 Å². The highest BCUT2D eigenvalue weighted by Gasteiger charge is 2.36. The average Bonchev–Trinajstić information content (AvgIpc) is 2.63. The summed E-state index contributed by atoms with van der Waals surface area (Å²) < 4.78 is 53.6. The second kappa shape index (κ2) is 7.60. The maximum Gasteiger partial charge on any atom is 0.246 e. The van der Waals surface area contributed by atoms with Crippen LogP contribution in [-0.4, -0.2) is 49.2 Å². The van der Waals surface area contributed by atoms with Crippen LogP contribution in [0.15, 0.2) is 23.1 Å². The molecule has 0 saturated carbocycles. The molecule has 2 heterocycles. The summed E-state index contributed by atoms with van der Waals surface area (Å²) in [5, 5.41) is 0. The number of amides is 1. The van der Waals surface area contributed by atoms with Gasteiger partial charge in [0.2, 0.25) is 15.9 Å². The second-order valence-electron chi connectivity index (χ2n) is 7.13. The Morgan fingerprint density at radius 2 is 1.77 bits per heavy atom. The monoisotopic (exact) mass is 386 g/mol. The van der Waals surface area contributed by atoms with Crippen molar-refractivity contribution in [1.29, 1.82) is 0 Å². The van der Waals surface area contributed by atoms with E-state index >= 15 is 0 Å². The summed E-state index contributed by atoms with van der Waals surface area (Å²) in [5.41, 5.74) is 0. The summed E-state index contributed by atoms with van der Waals surface area (Å²) >= 11 is 0. The molecule has 0 radical (unpaired) electrons. The van der Waals surface area contributed by atoms with Gasteiger partial charge in [-0.2, -0.15) is 4.31 Å². The summed E-state index contributed by atoms with van der Waals surface area (Å²) in [6, 6.07) is 2.63. The highest BCUT2D eigenvalue weighted by Crippen LogP contribution is 2.28. The Hall–Kier alpha value is -1.54. The Kier molecular flexibility index (Phi) is 5.62. The Morgan fingerprint density at radius 3 is 2.42 bits per heavy atom. The predicted molar refractivity (Wildman–Crippen MR) is 92.9 cm³/mol. The minimum atomic E-state index is -4.11. The van der Waals surface area contributed by atoms with Crippen molar-refractivity contribution >= 4 is 15.9 Å². The van der Waals surface area contributed by atoms with Crippen molar-refractivity contribution in [3.8, 4) is 0 Å². The number of hydrogen-bond acceptors (Lipinski definition) is 3. The Labute approximate surface area is 153 Å². The first kappa shape index (κ1) is 19.2. The van der Waals surface area contributed by atoms with E-state index in [2.05, 4.69) is 0 Å². The zero-order valence-corrected chi connectivity index (χ0v) is 15.6. The predicted octanol–water partition coefficient (Wildman–Crippen LogP) is 2.77. The lowest BCUT2D eigenvalue weighted by atomic mass is 9.94. The number of benzene rings is 1. The van der Waals surface area contributed by atoms with Gasteiger partial charge in [0.05, 0.1) is 0 Å². The number of sulfonamides is 1. The van der Waals surface area contributed by atoms with E-state index in [1.54, 1.807) is 0 Å². The van der Waals surface area contributed by atoms with E-state index in [1.165, 1.54) is 0 Å². The van der Waals surface area contributed by atoms with Gasteiger partial charge >= 0.3 is 0 Å². The number of likely N-dealkylation sites (tertiary alicyclic amines) is 1. The fourth-order valence-electron chi connectivity index (χ4n) is 3.82. The molecular formula is C18H24F2N2O3S. The Morgan fingerprint density at radius 1 is 1.08 bits per heavy atom. The zero-order chi connectivity index (χ0) is 18.9. The molecule has 2 aliphatic rings. The summed E-state index contributed by atoms with van der Waals surface area (Å²) in [7, 11) is -4.11. The fraction of sp³-hybridized carbons (Fsp3) is 0.611. The second-order valence-corrected chi connectivity index (χ2v) is 9.04. The molecule has 1 unspecified atom stereocenters. The molecule has 2 fully saturated rings.